The monoisotopic (exact) mass is 440 g/mol. The molecule has 0 fully saturated rings. The fourth-order valence-electron chi connectivity index (χ4n) is 2.32. The predicted molar refractivity (Wildman–Crippen MR) is 102 cm³/mol. The molecule has 0 unspecified atom stereocenters. The zero-order valence-electron chi connectivity index (χ0n) is 14.9. The van der Waals surface area contributed by atoms with E-state index in [1.807, 2.05) is 6.26 Å². The van der Waals surface area contributed by atoms with Gasteiger partial charge in [0, 0.05) is 19.8 Å². The van der Waals surface area contributed by atoms with Gasteiger partial charge in [-0.2, -0.15) is 0 Å². The van der Waals surface area contributed by atoms with E-state index in [1.54, 1.807) is 0 Å². The molecule has 0 amide bonds. The molecule has 0 aromatic carbocycles. The lowest BCUT2D eigenvalue weighted by Crippen LogP contribution is -2.47. The Bertz CT molecular complexity index is 322. The van der Waals surface area contributed by atoms with Crippen LogP contribution >= 0.6 is 22.6 Å². The maximum atomic E-state index is 6.13. The fraction of sp³-hybridized carbons (Fsp3) is 0.889. The minimum atomic E-state index is -0.0890. The molecule has 1 aliphatic rings. The number of hydrogen-bond acceptors (Lipinski definition) is 4. The smallest absolute Gasteiger partial charge is 0.150 e. The summed E-state index contributed by atoms with van der Waals surface area (Å²) < 4.78 is 24.9. The van der Waals surface area contributed by atoms with Crippen molar-refractivity contribution in [2.24, 2.45) is 0 Å². The summed E-state index contributed by atoms with van der Waals surface area (Å²) in [5, 5.41) is 0. The second-order valence-corrected chi connectivity index (χ2v) is 7.19. The third-order valence-electron chi connectivity index (χ3n) is 3.82. The Morgan fingerprint density at radius 3 is 2.22 bits per heavy atom. The van der Waals surface area contributed by atoms with E-state index in [0.717, 1.165) is 61.9 Å². The summed E-state index contributed by atoms with van der Waals surface area (Å²) in [6.07, 6.45) is 8.21. The first-order chi connectivity index (χ1) is 11.2. The molecular formula is C18H33IO4. The van der Waals surface area contributed by atoms with E-state index in [0.29, 0.717) is 6.61 Å². The van der Waals surface area contributed by atoms with Crippen LogP contribution in [0.3, 0.4) is 0 Å². The first kappa shape index (κ1) is 21.2. The van der Waals surface area contributed by atoms with Gasteiger partial charge in [0.05, 0.1) is 16.4 Å². The van der Waals surface area contributed by atoms with Gasteiger partial charge in [-0.1, -0.05) is 40.0 Å². The summed E-state index contributed by atoms with van der Waals surface area (Å²) in [5.74, 6) is 0. The van der Waals surface area contributed by atoms with E-state index in [9.17, 15) is 0 Å². The molecule has 1 heterocycles. The summed E-state index contributed by atoms with van der Waals surface area (Å²) in [7, 11) is 0. The molecule has 0 aromatic heterocycles. The van der Waals surface area contributed by atoms with E-state index in [4.69, 9.17) is 18.9 Å². The van der Waals surface area contributed by atoms with Crippen molar-refractivity contribution in [3.8, 4) is 0 Å². The van der Waals surface area contributed by atoms with Crippen LogP contribution in [0.2, 0.25) is 0 Å². The van der Waals surface area contributed by atoms with Crippen molar-refractivity contribution in [2.45, 2.75) is 77.6 Å². The van der Waals surface area contributed by atoms with E-state index in [1.165, 1.54) is 0 Å². The highest BCUT2D eigenvalue weighted by Gasteiger charge is 2.37. The van der Waals surface area contributed by atoms with E-state index >= 15 is 0 Å². The Morgan fingerprint density at radius 1 is 0.957 bits per heavy atom. The van der Waals surface area contributed by atoms with Crippen LogP contribution < -0.4 is 0 Å². The highest BCUT2D eigenvalue weighted by molar-refractivity contribution is 14.1. The lowest BCUT2D eigenvalue weighted by Gasteiger charge is -2.36. The van der Waals surface area contributed by atoms with Gasteiger partial charge in [0.15, 0.2) is 0 Å². The number of unbranched alkanes of at least 4 members (excludes halogenated alkanes) is 3. The molecule has 0 N–H and O–H groups in total. The lowest BCUT2D eigenvalue weighted by molar-refractivity contribution is -0.139. The molecule has 23 heavy (non-hydrogen) atoms. The van der Waals surface area contributed by atoms with Gasteiger partial charge >= 0.3 is 0 Å². The molecule has 0 saturated carbocycles. The lowest BCUT2D eigenvalue weighted by atomic mass is 10.1. The zero-order chi connectivity index (χ0) is 16.9. The third-order valence-corrected chi connectivity index (χ3v) is 4.69. The maximum Gasteiger partial charge on any atom is 0.150 e. The summed E-state index contributed by atoms with van der Waals surface area (Å²) in [6, 6.07) is 0. The molecule has 3 atom stereocenters. The number of ether oxygens (including phenoxy) is 4. The summed E-state index contributed by atoms with van der Waals surface area (Å²) in [4.78, 5) is 0. The summed E-state index contributed by atoms with van der Waals surface area (Å²) in [5.41, 5.74) is 0. The minimum Gasteiger partial charge on any atom is -0.492 e. The molecule has 0 spiro atoms. The second-order valence-electron chi connectivity index (χ2n) is 5.94. The molecule has 0 aliphatic carbocycles. The van der Waals surface area contributed by atoms with Crippen LogP contribution in [-0.4, -0.2) is 44.7 Å². The summed E-state index contributed by atoms with van der Waals surface area (Å²) in [6.45, 7) is 9.36. The molecule has 1 aliphatic heterocycles. The van der Waals surface area contributed by atoms with Crippen LogP contribution in [-0.2, 0) is 18.9 Å². The van der Waals surface area contributed by atoms with Crippen molar-refractivity contribution in [3.63, 3.8) is 0 Å². The van der Waals surface area contributed by atoms with E-state index < -0.39 is 0 Å². The number of hydrogen-bond donors (Lipinski definition) is 0. The molecule has 136 valence electrons. The van der Waals surface area contributed by atoms with Gasteiger partial charge < -0.3 is 18.9 Å². The van der Waals surface area contributed by atoms with Crippen molar-refractivity contribution >= 4 is 22.6 Å². The Balaban J connectivity index is 2.61. The van der Waals surface area contributed by atoms with Gasteiger partial charge in [0.25, 0.3) is 0 Å². The molecule has 0 bridgehead atoms. The molecule has 4 nitrogen and oxygen atoms in total. The Kier molecular flexibility index (Phi) is 12.4. The van der Waals surface area contributed by atoms with Crippen LogP contribution in [0.5, 0.6) is 0 Å². The molecule has 0 radical (unpaired) electrons. The van der Waals surface area contributed by atoms with Crippen LogP contribution in [0, 0.1) is 0 Å². The largest absolute Gasteiger partial charge is 0.492 e. The van der Waals surface area contributed by atoms with Gasteiger partial charge in [-0.15, -0.1) is 0 Å². The van der Waals surface area contributed by atoms with Crippen LogP contribution in [0.15, 0.2) is 9.84 Å². The van der Waals surface area contributed by atoms with Crippen LogP contribution in [0.25, 0.3) is 0 Å². The van der Waals surface area contributed by atoms with Gasteiger partial charge in [-0.25, -0.2) is 0 Å². The summed E-state index contributed by atoms with van der Waals surface area (Å²) >= 11 is 2.30. The Labute approximate surface area is 155 Å². The number of rotatable bonds is 13. The first-order valence-corrected chi connectivity index (χ1v) is 10.1. The number of halogens is 1. The van der Waals surface area contributed by atoms with Gasteiger partial charge in [-0.3, -0.25) is 0 Å². The highest BCUT2D eigenvalue weighted by atomic mass is 127. The van der Waals surface area contributed by atoms with Crippen LogP contribution in [0.4, 0.5) is 0 Å². The second kappa shape index (κ2) is 13.4. The van der Waals surface area contributed by atoms with Gasteiger partial charge in [-0.05, 0) is 41.9 Å². The van der Waals surface area contributed by atoms with E-state index in [-0.39, 0.29) is 18.3 Å². The zero-order valence-corrected chi connectivity index (χ0v) is 17.0. The quantitative estimate of drug-likeness (QED) is 0.303. The van der Waals surface area contributed by atoms with Crippen molar-refractivity contribution in [3.05, 3.63) is 9.84 Å². The SMILES string of the molecule is CCCCOC[C@H]1OC=C(I)[C@@H](OCCCC)[C@H]1OCCCC. The highest BCUT2D eigenvalue weighted by Crippen LogP contribution is 2.29. The topological polar surface area (TPSA) is 36.9 Å². The van der Waals surface area contributed by atoms with Gasteiger partial charge in [0.2, 0.25) is 0 Å². The molecule has 0 saturated heterocycles. The minimum absolute atomic E-state index is 0.0347. The maximum absolute atomic E-state index is 6.13. The molecular weight excluding hydrogens is 407 g/mol. The Morgan fingerprint density at radius 2 is 1.57 bits per heavy atom. The average molecular weight is 440 g/mol. The van der Waals surface area contributed by atoms with Gasteiger partial charge in [0.1, 0.15) is 18.3 Å². The average Bonchev–Trinajstić information content (AvgIpc) is 2.55. The van der Waals surface area contributed by atoms with Crippen molar-refractivity contribution in [2.75, 3.05) is 26.4 Å². The Hall–Kier alpha value is 0.150. The van der Waals surface area contributed by atoms with Crippen molar-refractivity contribution in [1.29, 1.82) is 0 Å². The van der Waals surface area contributed by atoms with Crippen molar-refractivity contribution < 1.29 is 18.9 Å². The predicted octanol–water partition coefficient (Wildman–Crippen LogP) is 4.85. The van der Waals surface area contributed by atoms with E-state index in [2.05, 4.69) is 43.4 Å². The van der Waals surface area contributed by atoms with Crippen molar-refractivity contribution in [1.82, 2.24) is 0 Å². The standard InChI is InChI=1S/C18H33IO4/c1-4-7-10-20-14-16-18(22-12-9-6-3)17(15(19)13-23-16)21-11-8-5-2/h13,16-18H,4-12,14H2,1-3H3/t16-,17-,18+/m1/s1. The first-order valence-electron chi connectivity index (χ1n) is 9.06. The molecule has 1 rings (SSSR count). The van der Waals surface area contributed by atoms with Crippen LogP contribution in [0.1, 0.15) is 59.3 Å². The normalized spacial score (nSPS) is 24.3. The fourth-order valence-corrected chi connectivity index (χ4v) is 3.00. The third kappa shape index (κ3) is 8.18. The molecule has 0 aromatic rings. The molecule has 5 heteroatoms.